The summed E-state index contributed by atoms with van der Waals surface area (Å²) in [4.78, 5) is 26.2. The summed E-state index contributed by atoms with van der Waals surface area (Å²) in [6.07, 6.45) is 1.39. The van der Waals surface area contributed by atoms with E-state index in [2.05, 4.69) is 52.5 Å². The lowest BCUT2D eigenvalue weighted by molar-refractivity contribution is -0.274. The van der Waals surface area contributed by atoms with E-state index in [-0.39, 0.29) is 5.69 Å². The van der Waals surface area contributed by atoms with Gasteiger partial charge in [-0.15, -0.1) is 13.2 Å². The van der Waals surface area contributed by atoms with Crippen LogP contribution in [0.15, 0.2) is 60.7 Å². The third-order valence-electron chi connectivity index (χ3n) is 8.63. The van der Waals surface area contributed by atoms with Gasteiger partial charge in [0.1, 0.15) is 5.69 Å². The smallest absolute Gasteiger partial charge is 0.404 e. The standard InChI is InChI=1S/C32H33F3N8O2/c33-32(34,35)45-27-10-3-2-7-23(27)38-31(44)39-24-8-6-9-25-28(24)29(41-40-25)30-36-22-12-11-21(19-26(22)37-30)43-17-13-20(14-18-43)42-15-4-1-5-16-42/h2-3,6-12,19-20H,1,4-5,13-18H2,(H,36,37)(H,40,41)(H2,38,39,44). The molecule has 0 radical (unpaired) electrons. The summed E-state index contributed by atoms with van der Waals surface area (Å²) in [6.45, 7) is 4.48. The van der Waals surface area contributed by atoms with Crippen LogP contribution in [-0.2, 0) is 0 Å². The highest BCUT2D eigenvalue weighted by atomic mass is 19.4. The number of nitrogens with one attached hydrogen (secondary N) is 4. The van der Waals surface area contributed by atoms with E-state index in [1.807, 2.05) is 12.1 Å². The Hall–Kier alpha value is -4.78. The first-order valence-electron chi connectivity index (χ1n) is 15.2. The number of H-pyrrole nitrogens is 2. The van der Waals surface area contributed by atoms with Gasteiger partial charge in [0.05, 0.1) is 33.3 Å². The van der Waals surface area contributed by atoms with Crippen LogP contribution in [0.25, 0.3) is 33.5 Å². The van der Waals surface area contributed by atoms with Gasteiger partial charge in [0, 0.05) is 24.8 Å². The van der Waals surface area contributed by atoms with Crippen molar-refractivity contribution in [2.24, 2.45) is 0 Å². The number of hydrogen-bond acceptors (Lipinski definition) is 6. The second kappa shape index (κ2) is 12.0. The molecule has 4 N–H and O–H groups in total. The zero-order chi connectivity index (χ0) is 31.0. The van der Waals surface area contributed by atoms with Gasteiger partial charge in [-0.1, -0.05) is 24.6 Å². The fourth-order valence-electron chi connectivity index (χ4n) is 6.49. The van der Waals surface area contributed by atoms with Gasteiger partial charge in [-0.25, -0.2) is 9.78 Å². The highest BCUT2D eigenvalue weighted by Gasteiger charge is 2.32. The predicted octanol–water partition coefficient (Wildman–Crippen LogP) is 7.10. The summed E-state index contributed by atoms with van der Waals surface area (Å²) >= 11 is 0. The van der Waals surface area contributed by atoms with E-state index in [9.17, 15) is 18.0 Å². The molecule has 0 aliphatic carbocycles. The first kappa shape index (κ1) is 29.0. The molecule has 13 heteroatoms. The van der Waals surface area contributed by atoms with E-state index in [1.54, 1.807) is 12.1 Å². The molecule has 45 heavy (non-hydrogen) atoms. The van der Waals surface area contributed by atoms with Gasteiger partial charge in [0.2, 0.25) is 0 Å². The average molecular weight is 619 g/mol. The molecule has 0 bridgehead atoms. The Bertz CT molecular complexity index is 1820. The SMILES string of the molecule is O=C(Nc1ccccc1OC(F)(F)F)Nc1cccc2[nH]nc(-c3nc4ccc(N5CCC(N6CCCCC6)CC5)cc4[nH]3)c12. The van der Waals surface area contributed by atoms with E-state index in [4.69, 9.17) is 4.98 Å². The van der Waals surface area contributed by atoms with E-state index >= 15 is 0 Å². The maximum atomic E-state index is 12.9. The van der Waals surface area contributed by atoms with E-state index in [1.165, 1.54) is 50.6 Å². The van der Waals surface area contributed by atoms with Crippen molar-refractivity contribution < 1.29 is 22.7 Å². The van der Waals surface area contributed by atoms with Crippen molar-refractivity contribution in [3.63, 3.8) is 0 Å². The molecule has 0 saturated carbocycles. The van der Waals surface area contributed by atoms with Gasteiger partial charge in [-0.3, -0.25) is 5.10 Å². The van der Waals surface area contributed by atoms with Gasteiger partial charge in [0.15, 0.2) is 11.6 Å². The summed E-state index contributed by atoms with van der Waals surface area (Å²) in [5.74, 6) is 0.00571. The Kier molecular flexibility index (Phi) is 7.70. The molecule has 2 amide bonds. The van der Waals surface area contributed by atoms with Crippen molar-refractivity contribution in [2.75, 3.05) is 41.7 Å². The number of likely N-dealkylation sites (tertiary alicyclic amines) is 1. The van der Waals surface area contributed by atoms with Crippen molar-refractivity contribution in [1.82, 2.24) is 25.1 Å². The number of anilines is 3. The second-order valence-electron chi connectivity index (χ2n) is 11.5. The molecule has 5 aromatic rings. The number of alkyl halides is 3. The summed E-state index contributed by atoms with van der Waals surface area (Å²) in [6, 6.07) is 16.7. The van der Waals surface area contributed by atoms with Crippen molar-refractivity contribution in [1.29, 1.82) is 0 Å². The number of para-hydroxylation sites is 2. The van der Waals surface area contributed by atoms with E-state index < -0.39 is 18.1 Å². The number of rotatable bonds is 6. The summed E-state index contributed by atoms with van der Waals surface area (Å²) in [7, 11) is 0. The van der Waals surface area contributed by atoms with Crippen LogP contribution >= 0.6 is 0 Å². The van der Waals surface area contributed by atoms with Crippen LogP contribution in [0.2, 0.25) is 0 Å². The first-order chi connectivity index (χ1) is 21.8. The summed E-state index contributed by atoms with van der Waals surface area (Å²) in [5, 5.41) is 13.2. The van der Waals surface area contributed by atoms with Crippen molar-refractivity contribution >= 4 is 45.0 Å². The monoisotopic (exact) mass is 618 g/mol. The van der Waals surface area contributed by atoms with Gasteiger partial charge in [-0.05, 0) is 81.2 Å². The van der Waals surface area contributed by atoms with Crippen LogP contribution < -0.4 is 20.3 Å². The minimum absolute atomic E-state index is 0.129. The largest absolute Gasteiger partial charge is 0.573 e. The third kappa shape index (κ3) is 6.25. The number of aromatic amines is 2. The molecule has 0 atom stereocenters. The van der Waals surface area contributed by atoms with Crippen molar-refractivity contribution in [2.45, 2.75) is 44.5 Å². The molecule has 4 heterocycles. The number of benzene rings is 3. The molecule has 3 aromatic carbocycles. The van der Waals surface area contributed by atoms with Crippen LogP contribution in [0.4, 0.5) is 35.0 Å². The maximum absolute atomic E-state index is 12.9. The number of ether oxygens (including phenoxy) is 1. The average Bonchev–Trinajstić information content (AvgIpc) is 3.66. The van der Waals surface area contributed by atoms with Crippen LogP contribution in [-0.4, -0.2) is 69.7 Å². The molecular weight excluding hydrogens is 585 g/mol. The number of hydrogen-bond donors (Lipinski definition) is 4. The van der Waals surface area contributed by atoms with Gasteiger partial charge < -0.3 is 30.2 Å². The predicted molar refractivity (Wildman–Crippen MR) is 168 cm³/mol. The highest BCUT2D eigenvalue weighted by molar-refractivity contribution is 6.09. The third-order valence-corrected chi connectivity index (χ3v) is 8.63. The molecule has 7 rings (SSSR count). The van der Waals surface area contributed by atoms with E-state index in [0.29, 0.717) is 34.2 Å². The van der Waals surface area contributed by atoms with E-state index in [0.717, 1.165) is 48.7 Å². The minimum Gasteiger partial charge on any atom is -0.404 e. The number of halogens is 3. The topological polar surface area (TPSA) is 114 Å². The molecule has 2 fully saturated rings. The van der Waals surface area contributed by atoms with Gasteiger partial charge in [-0.2, -0.15) is 5.10 Å². The Morgan fingerprint density at radius 3 is 2.44 bits per heavy atom. The fraction of sp³-hybridized carbons (Fsp3) is 0.344. The Labute approximate surface area is 256 Å². The number of aromatic nitrogens is 4. The Morgan fingerprint density at radius 2 is 1.64 bits per heavy atom. The van der Waals surface area contributed by atoms with Crippen LogP contribution in [0.5, 0.6) is 5.75 Å². The number of fused-ring (bicyclic) bond motifs is 2. The number of amides is 2. The zero-order valence-corrected chi connectivity index (χ0v) is 24.5. The number of carbonyl (C=O) groups excluding carboxylic acids is 1. The fourth-order valence-corrected chi connectivity index (χ4v) is 6.49. The molecule has 10 nitrogen and oxygen atoms in total. The van der Waals surface area contributed by atoms with Crippen LogP contribution in [0.1, 0.15) is 32.1 Å². The number of carbonyl (C=O) groups is 1. The first-order valence-corrected chi connectivity index (χ1v) is 15.2. The zero-order valence-electron chi connectivity index (χ0n) is 24.5. The quantitative estimate of drug-likeness (QED) is 0.161. The lowest BCUT2D eigenvalue weighted by atomic mass is 9.99. The normalized spacial score (nSPS) is 16.7. The van der Waals surface area contributed by atoms with Crippen LogP contribution in [0.3, 0.4) is 0 Å². The molecule has 0 unspecified atom stereocenters. The number of nitrogens with zero attached hydrogens (tertiary/aromatic N) is 4. The maximum Gasteiger partial charge on any atom is 0.573 e. The van der Waals surface area contributed by atoms with Crippen molar-refractivity contribution in [3.05, 3.63) is 60.7 Å². The summed E-state index contributed by atoms with van der Waals surface area (Å²) < 4.78 is 42.6. The summed E-state index contributed by atoms with van der Waals surface area (Å²) in [5.41, 5.74) is 4.24. The highest BCUT2D eigenvalue weighted by Crippen LogP contribution is 2.34. The Balaban J connectivity index is 1.09. The molecule has 2 aromatic heterocycles. The lowest BCUT2D eigenvalue weighted by Gasteiger charge is -2.41. The molecule has 234 valence electrons. The van der Waals surface area contributed by atoms with Gasteiger partial charge >= 0.3 is 12.4 Å². The second-order valence-corrected chi connectivity index (χ2v) is 11.5. The molecule has 2 saturated heterocycles. The lowest BCUT2D eigenvalue weighted by Crippen LogP contribution is -2.46. The van der Waals surface area contributed by atoms with Crippen LogP contribution in [0, 0.1) is 0 Å². The molecule has 0 spiro atoms. The molecule has 2 aliphatic heterocycles. The number of piperidine rings is 2. The minimum atomic E-state index is -4.90. The Morgan fingerprint density at radius 1 is 0.889 bits per heavy atom. The number of urea groups is 1. The molecular formula is C32H33F3N8O2. The van der Waals surface area contributed by atoms with Crippen molar-refractivity contribution in [3.8, 4) is 17.3 Å². The molecule has 2 aliphatic rings. The number of imidazole rings is 1. The van der Waals surface area contributed by atoms with Gasteiger partial charge in [0.25, 0.3) is 0 Å².